The van der Waals surface area contributed by atoms with Gasteiger partial charge in [0.2, 0.25) is 0 Å². The molecular formula is C44H34O2Si. The number of aryl methyl sites for hydroxylation is 2. The van der Waals surface area contributed by atoms with Gasteiger partial charge in [-0.2, -0.15) is 0 Å². The summed E-state index contributed by atoms with van der Waals surface area (Å²) in [5, 5.41) is 5.17. The van der Waals surface area contributed by atoms with E-state index in [1.807, 2.05) is 0 Å². The molecule has 0 bridgehead atoms. The lowest BCUT2D eigenvalue weighted by atomic mass is 10.0. The van der Waals surface area contributed by atoms with Gasteiger partial charge in [0.25, 0.3) is 0 Å². The molecule has 0 spiro atoms. The molecule has 6 aromatic carbocycles. The molecule has 2 nitrogen and oxygen atoms in total. The van der Waals surface area contributed by atoms with Crippen LogP contribution < -0.4 is 30.2 Å². The molecule has 1 aliphatic rings. The van der Waals surface area contributed by atoms with Gasteiger partial charge in [-0.05, 0) is 94.3 Å². The third-order valence-electron chi connectivity index (χ3n) is 8.98. The quantitative estimate of drug-likeness (QED) is 0.165. The summed E-state index contributed by atoms with van der Waals surface area (Å²) < 4.78 is 12.0. The van der Waals surface area contributed by atoms with Crippen LogP contribution in [0.2, 0.25) is 0 Å². The maximum atomic E-state index is 6.01. The lowest BCUT2D eigenvalue weighted by Gasteiger charge is -2.31. The van der Waals surface area contributed by atoms with Crippen LogP contribution in [-0.2, 0) is 0 Å². The molecule has 0 N–H and O–H groups in total. The predicted octanol–water partition coefficient (Wildman–Crippen LogP) is 6.48. The summed E-state index contributed by atoms with van der Waals surface area (Å²) >= 11 is 0. The molecule has 1 heterocycles. The molecule has 0 amide bonds. The maximum absolute atomic E-state index is 6.01. The zero-order valence-electron chi connectivity index (χ0n) is 27.0. The van der Waals surface area contributed by atoms with Crippen LogP contribution in [0.1, 0.15) is 33.4 Å². The van der Waals surface area contributed by atoms with Crippen LogP contribution in [0.5, 0.6) is 11.5 Å². The van der Waals surface area contributed by atoms with Crippen molar-refractivity contribution in [2.24, 2.45) is 0 Å². The van der Waals surface area contributed by atoms with E-state index in [4.69, 9.17) is 9.47 Å². The van der Waals surface area contributed by atoms with E-state index in [-0.39, 0.29) is 0 Å². The van der Waals surface area contributed by atoms with Crippen LogP contribution in [-0.4, -0.2) is 22.3 Å². The summed E-state index contributed by atoms with van der Waals surface area (Å²) in [6, 6.07) is 47.4. The normalized spacial score (nSPS) is 12.1. The van der Waals surface area contributed by atoms with E-state index in [0.29, 0.717) is 0 Å². The van der Waals surface area contributed by atoms with Gasteiger partial charge >= 0.3 is 0 Å². The van der Waals surface area contributed by atoms with Crippen LogP contribution in [0.3, 0.4) is 0 Å². The third kappa shape index (κ3) is 5.42. The van der Waals surface area contributed by atoms with Crippen molar-refractivity contribution < 1.29 is 9.47 Å². The van der Waals surface area contributed by atoms with E-state index in [2.05, 4.69) is 171 Å². The Kier molecular flexibility index (Phi) is 8.01. The molecular weight excluding hydrogens is 589 g/mol. The van der Waals surface area contributed by atoms with Crippen molar-refractivity contribution in [1.29, 1.82) is 0 Å². The van der Waals surface area contributed by atoms with Gasteiger partial charge in [-0.1, -0.05) is 120 Å². The Labute approximate surface area is 278 Å². The Balaban J connectivity index is 1.53. The van der Waals surface area contributed by atoms with Gasteiger partial charge < -0.3 is 9.47 Å². The van der Waals surface area contributed by atoms with Crippen LogP contribution in [0.4, 0.5) is 0 Å². The molecule has 0 fully saturated rings. The average molecular weight is 623 g/mol. The number of methoxy groups -OCH3 is 2. The third-order valence-corrected chi connectivity index (χ3v) is 13.8. The number of hydrogen-bond donors (Lipinski definition) is 0. The molecule has 7 rings (SSSR count). The molecule has 6 aromatic rings. The molecule has 226 valence electrons. The van der Waals surface area contributed by atoms with Gasteiger partial charge in [0.05, 0.1) is 25.3 Å². The molecule has 0 aromatic heterocycles. The standard InChI is InChI=1S/C44H34O2Si/c1-31-15-19-33(20-16-31)23-25-35-27-43-39(29-41(35)45-3)40-30-42(46-4)36(26-24-34-21-17-32(2)18-22-34)28-44(40)47(43,37-11-7-5-8-12-37)38-13-9-6-10-14-38/h5-22,27-30H,1-4H3. The minimum absolute atomic E-state index is 0.752. The van der Waals surface area contributed by atoms with Crippen LogP contribution in [0, 0.1) is 37.5 Å². The first-order chi connectivity index (χ1) is 23.0. The second-order valence-electron chi connectivity index (χ2n) is 11.9. The Hall–Kier alpha value is -5.74. The van der Waals surface area contributed by atoms with Crippen molar-refractivity contribution >= 4 is 28.8 Å². The topological polar surface area (TPSA) is 18.5 Å². The Bertz CT molecular complexity index is 2050. The van der Waals surface area contributed by atoms with E-state index >= 15 is 0 Å². The molecule has 0 radical (unpaired) electrons. The lowest BCUT2D eigenvalue weighted by molar-refractivity contribution is 0.413. The van der Waals surface area contributed by atoms with E-state index in [9.17, 15) is 0 Å². The number of ether oxygens (including phenoxy) is 2. The number of fused-ring (bicyclic) bond motifs is 3. The van der Waals surface area contributed by atoms with Crippen molar-refractivity contribution in [2.45, 2.75) is 13.8 Å². The fraction of sp³-hybridized carbons (Fsp3) is 0.0909. The van der Waals surface area contributed by atoms with E-state index < -0.39 is 8.07 Å². The molecule has 3 heteroatoms. The first kappa shape index (κ1) is 29.9. The molecule has 0 atom stereocenters. The highest BCUT2D eigenvalue weighted by atomic mass is 28.3. The summed E-state index contributed by atoms with van der Waals surface area (Å²) in [7, 11) is 0.602. The highest BCUT2D eigenvalue weighted by molar-refractivity contribution is 7.22. The SMILES string of the molecule is COc1cc2c(cc1C#Cc1ccc(C)cc1)[Si](c1ccccc1)(c1ccccc1)c1cc(C#Cc3ccc(C)cc3)c(OC)cc1-2. The molecule has 0 unspecified atom stereocenters. The second kappa shape index (κ2) is 12.6. The van der Waals surface area contributed by atoms with Crippen LogP contribution in [0.25, 0.3) is 11.1 Å². The first-order valence-electron chi connectivity index (χ1n) is 15.7. The molecule has 0 saturated heterocycles. The first-order valence-corrected chi connectivity index (χ1v) is 17.7. The van der Waals surface area contributed by atoms with Gasteiger partial charge in [0, 0.05) is 11.1 Å². The predicted molar refractivity (Wildman–Crippen MR) is 196 cm³/mol. The number of rotatable bonds is 4. The minimum atomic E-state index is -2.84. The summed E-state index contributed by atoms with van der Waals surface area (Å²) in [6.45, 7) is 4.18. The Morgan fingerprint density at radius 2 is 0.830 bits per heavy atom. The monoisotopic (exact) mass is 622 g/mol. The largest absolute Gasteiger partial charge is 0.495 e. The summed E-state index contributed by atoms with van der Waals surface area (Å²) in [5.41, 5.74) is 8.40. The van der Waals surface area contributed by atoms with E-state index in [0.717, 1.165) is 44.9 Å². The highest BCUT2D eigenvalue weighted by Gasteiger charge is 2.49. The molecule has 1 aliphatic heterocycles. The van der Waals surface area contributed by atoms with E-state index in [1.54, 1.807) is 14.2 Å². The van der Waals surface area contributed by atoms with Crippen molar-refractivity contribution in [3.63, 3.8) is 0 Å². The summed E-state index contributed by atoms with van der Waals surface area (Å²) in [5.74, 6) is 15.2. The lowest BCUT2D eigenvalue weighted by Crippen LogP contribution is -2.72. The van der Waals surface area contributed by atoms with Gasteiger partial charge in [0.1, 0.15) is 11.5 Å². The van der Waals surface area contributed by atoms with Crippen LogP contribution in [0.15, 0.2) is 133 Å². The maximum Gasteiger partial charge on any atom is 0.180 e. The minimum Gasteiger partial charge on any atom is -0.495 e. The zero-order chi connectivity index (χ0) is 32.4. The fourth-order valence-electron chi connectivity index (χ4n) is 6.62. The van der Waals surface area contributed by atoms with Crippen molar-refractivity contribution in [2.75, 3.05) is 14.2 Å². The molecule has 47 heavy (non-hydrogen) atoms. The van der Waals surface area contributed by atoms with Crippen LogP contribution >= 0.6 is 0 Å². The second-order valence-corrected chi connectivity index (χ2v) is 15.6. The summed E-state index contributed by atoms with van der Waals surface area (Å²) in [6.07, 6.45) is 0. The van der Waals surface area contributed by atoms with Gasteiger partial charge in [-0.25, -0.2) is 0 Å². The van der Waals surface area contributed by atoms with Gasteiger partial charge in [-0.15, -0.1) is 0 Å². The van der Waals surface area contributed by atoms with Crippen molar-refractivity contribution in [3.05, 3.63) is 167 Å². The zero-order valence-corrected chi connectivity index (χ0v) is 28.0. The molecule has 0 saturated carbocycles. The number of hydrogen-bond acceptors (Lipinski definition) is 2. The van der Waals surface area contributed by atoms with Gasteiger partial charge in [0.15, 0.2) is 8.07 Å². The van der Waals surface area contributed by atoms with Crippen molar-refractivity contribution in [1.82, 2.24) is 0 Å². The summed E-state index contributed by atoms with van der Waals surface area (Å²) in [4.78, 5) is 0. The number of benzene rings is 6. The average Bonchev–Trinajstić information content (AvgIpc) is 3.39. The Morgan fingerprint density at radius 1 is 0.447 bits per heavy atom. The smallest absolute Gasteiger partial charge is 0.180 e. The highest BCUT2D eigenvalue weighted by Crippen LogP contribution is 2.36. The molecule has 0 aliphatic carbocycles. The fourth-order valence-corrected chi connectivity index (χ4v) is 11.8. The van der Waals surface area contributed by atoms with E-state index in [1.165, 1.54) is 31.9 Å². The van der Waals surface area contributed by atoms with Gasteiger partial charge in [-0.3, -0.25) is 0 Å². The Morgan fingerprint density at radius 3 is 1.19 bits per heavy atom. The van der Waals surface area contributed by atoms with Crippen molar-refractivity contribution in [3.8, 4) is 46.3 Å².